The summed E-state index contributed by atoms with van der Waals surface area (Å²) in [5.41, 5.74) is 0. The van der Waals surface area contributed by atoms with E-state index in [4.69, 9.17) is 14.2 Å². The second-order valence-corrected chi connectivity index (χ2v) is 3.55. The normalized spacial score (nSPS) is 54.0. The van der Waals surface area contributed by atoms with Crippen molar-refractivity contribution < 1.29 is 29.5 Å². The van der Waals surface area contributed by atoms with Crippen molar-refractivity contribution in [3.05, 3.63) is 0 Å². The van der Waals surface area contributed by atoms with Crippen molar-refractivity contribution in [3.63, 3.8) is 0 Å². The van der Waals surface area contributed by atoms with Gasteiger partial charge >= 0.3 is 0 Å². The summed E-state index contributed by atoms with van der Waals surface area (Å²) in [5, 5.41) is 28.1. The molecule has 0 bridgehead atoms. The van der Waals surface area contributed by atoms with E-state index in [2.05, 4.69) is 0 Å². The van der Waals surface area contributed by atoms with Crippen molar-refractivity contribution >= 4 is 0 Å². The molecule has 82 valence electrons. The molecule has 2 saturated heterocycles. The van der Waals surface area contributed by atoms with Gasteiger partial charge in [-0.2, -0.15) is 0 Å². The number of fused-ring (bicyclic) bond motifs is 1. The van der Waals surface area contributed by atoms with Gasteiger partial charge in [-0.25, -0.2) is 0 Å². The summed E-state index contributed by atoms with van der Waals surface area (Å²) in [6.07, 6.45) is -5.46. The number of hydrogen-bond donors (Lipinski definition) is 3. The topological polar surface area (TPSA) is 88.4 Å². The van der Waals surface area contributed by atoms with Crippen LogP contribution in [0.2, 0.25) is 0 Å². The molecule has 0 aromatic heterocycles. The fourth-order valence-corrected chi connectivity index (χ4v) is 1.71. The number of aliphatic hydroxyl groups excluding tert-OH is 3. The molecule has 2 heterocycles. The van der Waals surface area contributed by atoms with Gasteiger partial charge in [0.2, 0.25) is 0 Å². The molecular weight excluding hydrogens is 192 g/mol. The van der Waals surface area contributed by atoms with E-state index in [1.54, 1.807) is 6.92 Å². The highest BCUT2D eigenvalue weighted by Gasteiger charge is 2.47. The van der Waals surface area contributed by atoms with Crippen molar-refractivity contribution in [2.45, 2.75) is 43.9 Å². The Morgan fingerprint density at radius 2 is 1.79 bits per heavy atom. The second kappa shape index (κ2) is 3.73. The van der Waals surface area contributed by atoms with Crippen LogP contribution in [0.25, 0.3) is 0 Å². The third-order valence-electron chi connectivity index (χ3n) is 2.50. The molecule has 0 unspecified atom stereocenters. The molecule has 6 atom stereocenters. The molecule has 2 aliphatic heterocycles. The molecule has 0 aliphatic carbocycles. The number of aliphatic hydroxyl groups is 3. The molecule has 2 aliphatic rings. The maximum atomic E-state index is 9.59. The van der Waals surface area contributed by atoms with Gasteiger partial charge in [-0.3, -0.25) is 0 Å². The zero-order valence-corrected chi connectivity index (χ0v) is 7.74. The number of ether oxygens (including phenoxy) is 3. The lowest BCUT2D eigenvalue weighted by Crippen LogP contribution is -2.62. The minimum atomic E-state index is -1.38. The Bertz CT molecular complexity index is 208. The minimum Gasteiger partial charge on any atom is -0.387 e. The van der Waals surface area contributed by atoms with Crippen molar-refractivity contribution in [2.75, 3.05) is 6.61 Å². The molecule has 14 heavy (non-hydrogen) atoms. The summed E-state index contributed by atoms with van der Waals surface area (Å²) < 4.78 is 15.4. The SMILES string of the molecule is C[C@H]1OC[C@@H]2O[C@H](O)[C@@H](O)[C@H](O)[C@H]2O1. The maximum Gasteiger partial charge on any atom is 0.184 e. The van der Waals surface area contributed by atoms with E-state index >= 15 is 0 Å². The van der Waals surface area contributed by atoms with Gasteiger partial charge in [0.25, 0.3) is 0 Å². The monoisotopic (exact) mass is 206 g/mol. The third kappa shape index (κ3) is 1.65. The van der Waals surface area contributed by atoms with E-state index in [9.17, 15) is 15.3 Å². The summed E-state index contributed by atoms with van der Waals surface area (Å²) in [7, 11) is 0. The van der Waals surface area contributed by atoms with Crippen LogP contribution in [-0.2, 0) is 14.2 Å². The van der Waals surface area contributed by atoms with Crippen LogP contribution in [0.5, 0.6) is 0 Å². The van der Waals surface area contributed by atoms with E-state index in [0.29, 0.717) is 0 Å². The Kier molecular flexibility index (Phi) is 2.74. The zero-order chi connectivity index (χ0) is 10.3. The third-order valence-corrected chi connectivity index (χ3v) is 2.50. The van der Waals surface area contributed by atoms with Crippen LogP contribution in [0.3, 0.4) is 0 Å². The van der Waals surface area contributed by atoms with E-state index in [1.807, 2.05) is 0 Å². The minimum absolute atomic E-state index is 0.243. The average Bonchev–Trinajstić information content (AvgIpc) is 2.16. The summed E-state index contributed by atoms with van der Waals surface area (Å²) >= 11 is 0. The van der Waals surface area contributed by atoms with Gasteiger partial charge in [-0.05, 0) is 6.92 Å². The zero-order valence-electron chi connectivity index (χ0n) is 7.74. The standard InChI is InChI=1S/C8H14O6/c1-3-12-2-4-7(13-3)5(9)6(10)8(11)14-4/h3-11H,2H2,1H3/t3-,4-,5-,6-,7-,8-/m0/s1. The molecule has 0 radical (unpaired) electrons. The average molecular weight is 206 g/mol. The molecule has 0 saturated carbocycles. The highest BCUT2D eigenvalue weighted by Crippen LogP contribution is 2.27. The smallest absolute Gasteiger partial charge is 0.184 e. The van der Waals surface area contributed by atoms with Crippen molar-refractivity contribution in [2.24, 2.45) is 0 Å². The first-order valence-corrected chi connectivity index (χ1v) is 4.56. The van der Waals surface area contributed by atoms with E-state index in [1.165, 1.54) is 0 Å². The van der Waals surface area contributed by atoms with Crippen molar-refractivity contribution in [1.82, 2.24) is 0 Å². The molecule has 6 heteroatoms. The van der Waals surface area contributed by atoms with E-state index in [0.717, 1.165) is 0 Å². The van der Waals surface area contributed by atoms with Gasteiger partial charge in [-0.15, -0.1) is 0 Å². The van der Waals surface area contributed by atoms with Crippen LogP contribution in [0.4, 0.5) is 0 Å². The van der Waals surface area contributed by atoms with Gasteiger partial charge in [0.15, 0.2) is 12.6 Å². The first-order valence-electron chi connectivity index (χ1n) is 4.56. The maximum absolute atomic E-state index is 9.59. The number of rotatable bonds is 0. The van der Waals surface area contributed by atoms with Crippen molar-refractivity contribution in [3.8, 4) is 0 Å². The largest absolute Gasteiger partial charge is 0.387 e. The fourth-order valence-electron chi connectivity index (χ4n) is 1.71. The van der Waals surface area contributed by atoms with Gasteiger partial charge in [0, 0.05) is 0 Å². The first kappa shape index (κ1) is 10.3. The Labute approximate surface area is 81.0 Å². The Morgan fingerprint density at radius 3 is 2.50 bits per heavy atom. The van der Waals surface area contributed by atoms with Crippen LogP contribution in [0, 0.1) is 0 Å². The lowest BCUT2D eigenvalue weighted by atomic mass is 9.98. The molecule has 6 nitrogen and oxygen atoms in total. The molecule has 3 N–H and O–H groups in total. The van der Waals surface area contributed by atoms with Crippen LogP contribution in [-0.4, -0.2) is 58.9 Å². The number of hydrogen-bond acceptors (Lipinski definition) is 6. The molecule has 0 amide bonds. The van der Waals surface area contributed by atoms with Gasteiger partial charge < -0.3 is 29.5 Å². The summed E-state index contributed by atoms with van der Waals surface area (Å²) in [5.74, 6) is 0. The lowest BCUT2D eigenvalue weighted by molar-refractivity contribution is -0.348. The predicted octanol–water partition coefficient (Wildman–Crippen LogP) is -1.81. The van der Waals surface area contributed by atoms with E-state index < -0.39 is 37.0 Å². The predicted molar refractivity (Wildman–Crippen MR) is 43.2 cm³/mol. The summed E-state index contributed by atoms with van der Waals surface area (Å²) in [6.45, 7) is 1.94. The van der Waals surface area contributed by atoms with Crippen LogP contribution >= 0.6 is 0 Å². The summed E-state index contributed by atoms with van der Waals surface area (Å²) in [6, 6.07) is 0. The lowest BCUT2D eigenvalue weighted by Gasteiger charge is -2.44. The first-order chi connectivity index (χ1) is 6.59. The van der Waals surface area contributed by atoms with E-state index in [-0.39, 0.29) is 6.61 Å². The molecule has 0 aromatic rings. The molecule has 2 fully saturated rings. The second-order valence-electron chi connectivity index (χ2n) is 3.55. The molecule has 0 spiro atoms. The quantitative estimate of drug-likeness (QED) is 0.433. The Hall–Kier alpha value is -0.240. The van der Waals surface area contributed by atoms with Gasteiger partial charge in [0.05, 0.1) is 6.61 Å². The van der Waals surface area contributed by atoms with Crippen LogP contribution in [0.15, 0.2) is 0 Å². The fraction of sp³-hybridized carbons (Fsp3) is 1.00. The van der Waals surface area contributed by atoms with Gasteiger partial charge in [-0.1, -0.05) is 0 Å². The summed E-state index contributed by atoms with van der Waals surface area (Å²) in [4.78, 5) is 0. The molecular formula is C8H14O6. The Morgan fingerprint density at radius 1 is 1.07 bits per heavy atom. The van der Waals surface area contributed by atoms with Crippen LogP contribution < -0.4 is 0 Å². The highest BCUT2D eigenvalue weighted by molar-refractivity contribution is 4.91. The van der Waals surface area contributed by atoms with Gasteiger partial charge in [0.1, 0.15) is 24.4 Å². The Balaban J connectivity index is 2.08. The van der Waals surface area contributed by atoms with Crippen LogP contribution in [0.1, 0.15) is 6.92 Å². The highest BCUT2D eigenvalue weighted by atomic mass is 16.7. The molecule has 2 rings (SSSR count). The molecule has 0 aromatic carbocycles. The van der Waals surface area contributed by atoms with Crippen molar-refractivity contribution in [1.29, 1.82) is 0 Å².